The van der Waals surface area contributed by atoms with E-state index in [0.29, 0.717) is 24.7 Å². The maximum Gasteiger partial charge on any atom is 0.329 e. The van der Waals surface area contributed by atoms with Crippen LogP contribution in [-0.2, 0) is 22.4 Å². The Morgan fingerprint density at radius 2 is 1.95 bits per heavy atom. The summed E-state index contributed by atoms with van der Waals surface area (Å²) < 4.78 is 5.07. The predicted octanol–water partition coefficient (Wildman–Crippen LogP) is 1.67. The summed E-state index contributed by atoms with van der Waals surface area (Å²) in [6, 6.07) is 0. The molecule has 0 aliphatic carbocycles. The normalized spacial score (nSPS) is 11.4. The van der Waals surface area contributed by atoms with Gasteiger partial charge in [0.1, 0.15) is 5.54 Å². The van der Waals surface area contributed by atoms with E-state index in [-0.39, 0.29) is 12.3 Å². The van der Waals surface area contributed by atoms with Crippen LogP contribution in [-0.4, -0.2) is 44.1 Å². The van der Waals surface area contributed by atoms with E-state index in [2.05, 4.69) is 10.1 Å². The van der Waals surface area contributed by atoms with Crippen LogP contribution >= 0.6 is 0 Å². The van der Waals surface area contributed by atoms with Crippen molar-refractivity contribution in [3.8, 4) is 0 Å². The van der Waals surface area contributed by atoms with Crippen LogP contribution in [0.5, 0.6) is 0 Å². The van der Waals surface area contributed by atoms with Gasteiger partial charge in [0.25, 0.3) is 0 Å². The Bertz CT molecular complexity index is 496. The molecular formula is C14H23N3O4. The van der Waals surface area contributed by atoms with E-state index in [4.69, 9.17) is 4.52 Å². The zero-order valence-corrected chi connectivity index (χ0v) is 13.0. The molecule has 1 aromatic rings. The molecule has 0 aliphatic rings. The van der Waals surface area contributed by atoms with Gasteiger partial charge in [-0.15, -0.1) is 0 Å². The van der Waals surface area contributed by atoms with Crippen molar-refractivity contribution < 1.29 is 19.2 Å². The molecule has 0 aromatic carbocycles. The monoisotopic (exact) mass is 297 g/mol. The topological polar surface area (TPSA) is 96.5 Å². The number of aromatic nitrogens is 2. The number of rotatable bonds is 8. The summed E-state index contributed by atoms with van der Waals surface area (Å²) in [5, 5.41) is 13.0. The van der Waals surface area contributed by atoms with Crippen LogP contribution in [0.25, 0.3) is 0 Å². The minimum absolute atomic E-state index is 0.151. The van der Waals surface area contributed by atoms with Crippen molar-refractivity contribution in [1.82, 2.24) is 15.0 Å². The Labute approximate surface area is 124 Å². The van der Waals surface area contributed by atoms with Gasteiger partial charge in [-0.25, -0.2) is 4.79 Å². The number of aryl methyl sites for hydroxylation is 2. The van der Waals surface area contributed by atoms with E-state index in [9.17, 15) is 14.7 Å². The molecule has 7 nitrogen and oxygen atoms in total. The average Bonchev–Trinajstić information content (AvgIpc) is 2.85. The molecule has 0 unspecified atom stereocenters. The summed E-state index contributed by atoms with van der Waals surface area (Å²) >= 11 is 0. The third kappa shape index (κ3) is 4.27. The van der Waals surface area contributed by atoms with Crippen molar-refractivity contribution in [3.63, 3.8) is 0 Å². The van der Waals surface area contributed by atoms with Crippen LogP contribution in [0.2, 0.25) is 0 Å². The lowest BCUT2D eigenvalue weighted by Crippen LogP contribution is -2.52. The van der Waals surface area contributed by atoms with E-state index in [1.807, 2.05) is 6.92 Å². The molecule has 1 N–H and O–H groups in total. The minimum atomic E-state index is -1.23. The SMILES string of the molecule is CCCc1noc(CCC(=O)N(CC)C(C)(C)C(=O)O)n1. The van der Waals surface area contributed by atoms with Gasteiger partial charge >= 0.3 is 5.97 Å². The highest BCUT2D eigenvalue weighted by molar-refractivity contribution is 5.86. The number of amides is 1. The van der Waals surface area contributed by atoms with Crippen molar-refractivity contribution in [2.45, 2.75) is 58.9 Å². The van der Waals surface area contributed by atoms with Crippen molar-refractivity contribution >= 4 is 11.9 Å². The summed E-state index contributed by atoms with van der Waals surface area (Å²) in [6.07, 6.45) is 2.14. The Balaban J connectivity index is 2.64. The molecule has 7 heteroatoms. The molecular weight excluding hydrogens is 274 g/mol. The van der Waals surface area contributed by atoms with Gasteiger partial charge in [0, 0.05) is 25.8 Å². The maximum absolute atomic E-state index is 12.2. The Hall–Kier alpha value is -1.92. The summed E-state index contributed by atoms with van der Waals surface area (Å²) in [6.45, 7) is 7.15. The first-order valence-electron chi connectivity index (χ1n) is 7.18. The molecule has 0 spiro atoms. The quantitative estimate of drug-likeness (QED) is 0.784. The Kier molecular flexibility index (Phi) is 5.87. The van der Waals surface area contributed by atoms with Crippen molar-refractivity contribution in [2.24, 2.45) is 0 Å². The largest absolute Gasteiger partial charge is 0.480 e. The molecule has 0 radical (unpaired) electrons. The molecule has 118 valence electrons. The third-order valence-corrected chi connectivity index (χ3v) is 3.35. The Morgan fingerprint density at radius 3 is 2.48 bits per heavy atom. The number of hydrogen-bond acceptors (Lipinski definition) is 5. The number of carboxylic acids is 1. The van der Waals surface area contributed by atoms with Gasteiger partial charge in [0.2, 0.25) is 11.8 Å². The van der Waals surface area contributed by atoms with Crippen LogP contribution in [0.15, 0.2) is 4.52 Å². The summed E-state index contributed by atoms with van der Waals surface area (Å²) in [5.74, 6) is -0.213. The second-order valence-corrected chi connectivity index (χ2v) is 5.36. The highest BCUT2D eigenvalue weighted by Gasteiger charge is 2.36. The number of hydrogen-bond donors (Lipinski definition) is 1. The van der Waals surface area contributed by atoms with Crippen LogP contribution in [0.4, 0.5) is 0 Å². The van der Waals surface area contributed by atoms with Gasteiger partial charge in [-0.1, -0.05) is 12.1 Å². The molecule has 1 amide bonds. The molecule has 0 bridgehead atoms. The second kappa shape index (κ2) is 7.19. The highest BCUT2D eigenvalue weighted by Crippen LogP contribution is 2.16. The highest BCUT2D eigenvalue weighted by atomic mass is 16.5. The molecule has 0 atom stereocenters. The van der Waals surface area contributed by atoms with Gasteiger partial charge < -0.3 is 14.5 Å². The van der Waals surface area contributed by atoms with Gasteiger partial charge in [0.05, 0.1) is 0 Å². The number of nitrogens with zero attached hydrogens (tertiary/aromatic N) is 3. The smallest absolute Gasteiger partial charge is 0.329 e. The molecule has 0 aliphatic heterocycles. The lowest BCUT2D eigenvalue weighted by atomic mass is 10.0. The number of likely N-dealkylation sites (N-methyl/N-ethyl adjacent to an activating group) is 1. The van der Waals surface area contributed by atoms with Crippen LogP contribution in [0.3, 0.4) is 0 Å². The fourth-order valence-electron chi connectivity index (χ4n) is 2.06. The lowest BCUT2D eigenvalue weighted by Gasteiger charge is -2.34. The Morgan fingerprint density at radius 1 is 1.29 bits per heavy atom. The molecule has 21 heavy (non-hydrogen) atoms. The molecule has 1 rings (SSSR count). The first kappa shape index (κ1) is 17.1. The van der Waals surface area contributed by atoms with E-state index in [0.717, 1.165) is 12.8 Å². The van der Waals surface area contributed by atoms with Crippen molar-refractivity contribution in [1.29, 1.82) is 0 Å². The van der Waals surface area contributed by atoms with Gasteiger partial charge in [-0.3, -0.25) is 4.79 Å². The molecule has 1 heterocycles. The number of carboxylic acid groups (broad SMARTS) is 1. The molecule has 1 aromatic heterocycles. The average molecular weight is 297 g/mol. The van der Waals surface area contributed by atoms with Crippen molar-refractivity contribution in [3.05, 3.63) is 11.7 Å². The lowest BCUT2D eigenvalue weighted by molar-refractivity contribution is -0.156. The maximum atomic E-state index is 12.2. The van der Waals surface area contributed by atoms with Crippen molar-refractivity contribution in [2.75, 3.05) is 6.54 Å². The molecule has 0 fully saturated rings. The van der Waals surface area contributed by atoms with Gasteiger partial charge in [-0.05, 0) is 27.2 Å². The first-order valence-corrected chi connectivity index (χ1v) is 7.18. The minimum Gasteiger partial charge on any atom is -0.480 e. The standard InChI is InChI=1S/C14H23N3O4/c1-5-7-10-15-11(21-16-10)8-9-12(18)17(6-2)14(3,4)13(19)20/h5-9H2,1-4H3,(H,19,20). The van der Waals surface area contributed by atoms with Crippen LogP contribution < -0.4 is 0 Å². The number of aliphatic carboxylic acids is 1. The third-order valence-electron chi connectivity index (χ3n) is 3.35. The second-order valence-electron chi connectivity index (χ2n) is 5.36. The molecule has 0 saturated carbocycles. The summed E-state index contributed by atoms with van der Waals surface area (Å²) in [5.41, 5.74) is -1.23. The summed E-state index contributed by atoms with van der Waals surface area (Å²) in [7, 11) is 0. The van der Waals surface area contributed by atoms with Crippen LogP contribution in [0, 0.1) is 0 Å². The zero-order valence-electron chi connectivity index (χ0n) is 13.0. The van der Waals surface area contributed by atoms with E-state index >= 15 is 0 Å². The zero-order chi connectivity index (χ0) is 16.0. The van der Waals surface area contributed by atoms with Crippen LogP contribution in [0.1, 0.15) is 52.3 Å². The van der Waals surface area contributed by atoms with Gasteiger partial charge in [0.15, 0.2) is 5.82 Å². The van der Waals surface area contributed by atoms with E-state index in [1.165, 1.54) is 18.7 Å². The van der Waals surface area contributed by atoms with Gasteiger partial charge in [-0.2, -0.15) is 4.98 Å². The van der Waals surface area contributed by atoms with E-state index in [1.54, 1.807) is 6.92 Å². The number of carbonyl (C=O) groups is 2. The fourth-order valence-corrected chi connectivity index (χ4v) is 2.06. The number of carbonyl (C=O) groups excluding carboxylic acids is 1. The fraction of sp³-hybridized carbons (Fsp3) is 0.714. The first-order chi connectivity index (χ1) is 9.82. The summed E-state index contributed by atoms with van der Waals surface area (Å²) in [4.78, 5) is 29.0. The molecule has 0 saturated heterocycles. The van der Waals surface area contributed by atoms with E-state index < -0.39 is 11.5 Å². The predicted molar refractivity (Wildman–Crippen MR) is 75.7 cm³/mol.